The van der Waals surface area contributed by atoms with Crippen molar-refractivity contribution in [1.29, 1.82) is 0 Å². The van der Waals surface area contributed by atoms with E-state index in [9.17, 15) is 8.42 Å². The predicted octanol–water partition coefficient (Wildman–Crippen LogP) is 0.315. The maximum atomic E-state index is 11.3. The first-order valence-electron chi connectivity index (χ1n) is 5.19. The maximum Gasteiger partial charge on any atom is 0.152 e. The van der Waals surface area contributed by atoms with Gasteiger partial charge in [-0.1, -0.05) is 12.2 Å². The lowest BCUT2D eigenvalue weighted by molar-refractivity contribution is 0.602. The average Bonchev–Trinajstić information content (AvgIpc) is 2.58. The van der Waals surface area contributed by atoms with Crippen LogP contribution in [0.1, 0.15) is 12.1 Å². The zero-order valence-corrected chi connectivity index (χ0v) is 10.7. The number of sulfone groups is 1. The van der Waals surface area contributed by atoms with Crippen molar-refractivity contribution in [3.8, 4) is 0 Å². The summed E-state index contributed by atoms with van der Waals surface area (Å²) in [7, 11) is -2.87. The standard InChI is InChI=1S/C10H13N3O2S2/c11-10(16)9-5-7(1-3-12-9)13-8-2-4-17(14,15)6-8/h1,3,5,8H,2,4,6H2,(H2,11,16)(H,12,13). The first-order chi connectivity index (χ1) is 7.96. The molecule has 2 rings (SSSR count). The fourth-order valence-electron chi connectivity index (χ4n) is 1.80. The van der Waals surface area contributed by atoms with Crippen molar-refractivity contribution in [2.24, 2.45) is 5.73 Å². The van der Waals surface area contributed by atoms with Gasteiger partial charge >= 0.3 is 0 Å². The molecule has 1 saturated heterocycles. The number of nitrogens with two attached hydrogens (primary N) is 1. The van der Waals surface area contributed by atoms with E-state index in [1.807, 2.05) is 0 Å². The van der Waals surface area contributed by atoms with Crippen molar-refractivity contribution in [3.05, 3.63) is 24.0 Å². The molecule has 92 valence electrons. The Hall–Kier alpha value is -1.21. The molecule has 0 radical (unpaired) electrons. The Balaban J connectivity index is 2.09. The molecule has 0 amide bonds. The molecule has 0 aliphatic carbocycles. The zero-order valence-electron chi connectivity index (χ0n) is 9.09. The topological polar surface area (TPSA) is 85.1 Å². The van der Waals surface area contributed by atoms with Crippen LogP contribution in [0.3, 0.4) is 0 Å². The van der Waals surface area contributed by atoms with E-state index in [1.54, 1.807) is 18.3 Å². The summed E-state index contributed by atoms with van der Waals surface area (Å²) < 4.78 is 22.6. The van der Waals surface area contributed by atoms with Crippen molar-refractivity contribution in [2.75, 3.05) is 16.8 Å². The highest BCUT2D eigenvalue weighted by Crippen LogP contribution is 2.17. The van der Waals surface area contributed by atoms with Gasteiger partial charge in [-0.3, -0.25) is 4.98 Å². The highest BCUT2D eigenvalue weighted by Gasteiger charge is 2.27. The SMILES string of the molecule is NC(=S)c1cc(NC2CCS(=O)(=O)C2)ccn1. The third kappa shape index (κ3) is 3.13. The molecule has 1 aromatic heterocycles. The molecule has 1 aliphatic heterocycles. The number of hydrogen-bond donors (Lipinski definition) is 2. The summed E-state index contributed by atoms with van der Waals surface area (Å²) in [5.41, 5.74) is 6.81. The minimum atomic E-state index is -2.87. The molecule has 1 unspecified atom stereocenters. The van der Waals surface area contributed by atoms with Crippen molar-refractivity contribution < 1.29 is 8.42 Å². The van der Waals surface area contributed by atoms with E-state index in [0.29, 0.717) is 12.1 Å². The number of aromatic nitrogens is 1. The van der Waals surface area contributed by atoms with Crippen molar-refractivity contribution in [2.45, 2.75) is 12.5 Å². The van der Waals surface area contributed by atoms with Crippen LogP contribution in [-0.2, 0) is 9.84 Å². The van der Waals surface area contributed by atoms with Crippen molar-refractivity contribution >= 4 is 32.7 Å². The molecule has 1 fully saturated rings. The highest BCUT2D eigenvalue weighted by molar-refractivity contribution is 7.91. The number of hydrogen-bond acceptors (Lipinski definition) is 5. The predicted molar refractivity (Wildman–Crippen MR) is 70.8 cm³/mol. The van der Waals surface area contributed by atoms with E-state index in [1.165, 1.54) is 0 Å². The van der Waals surface area contributed by atoms with Gasteiger partial charge in [-0.2, -0.15) is 0 Å². The van der Waals surface area contributed by atoms with E-state index in [2.05, 4.69) is 10.3 Å². The molecule has 0 saturated carbocycles. The largest absolute Gasteiger partial charge is 0.388 e. The average molecular weight is 271 g/mol. The van der Waals surface area contributed by atoms with E-state index in [-0.39, 0.29) is 22.5 Å². The van der Waals surface area contributed by atoms with Crippen LogP contribution in [0.15, 0.2) is 18.3 Å². The number of anilines is 1. The Morgan fingerprint density at radius 1 is 1.59 bits per heavy atom. The van der Waals surface area contributed by atoms with E-state index >= 15 is 0 Å². The smallest absolute Gasteiger partial charge is 0.152 e. The van der Waals surface area contributed by atoms with Crippen LogP contribution in [0.5, 0.6) is 0 Å². The summed E-state index contributed by atoms with van der Waals surface area (Å²) in [6, 6.07) is 3.46. The van der Waals surface area contributed by atoms with Crippen LogP contribution in [0.2, 0.25) is 0 Å². The molecule has 0 spiro atoms. The van der Waals surface area contributed by atoms with Crippen LogP contribution >= 0.6 is 12.2 Å². The summed E-state index contributed by atoms with van der Waals surface area (Å²) in [4.78, 5) is 4.25. The minimum absolute atomic E-state index is 0.0402. The number of nitrogens with zero attached hydrogens (tertiary/aromatic N) is 1. The summed E-state index contributed by atoms with van der Waals surface area (Å²) in [6.45, 7) is 0. The summed E-state index contributed by atoms with van der Waals surface area (Å²) in [5, 5.41) is 3.16. The van der Waals surface area contributed by atoms with Crippen LogP contribution in [0.4, 0.5) is 5.69 Å². The van der Waals surface area contributed by atoms with Gasteiger partial charge in [0.2, 0.25) is 0 Å². The molecular weight excluding hydrogens is 258 g/mol. The molecule has 3 N–H and O–H groups in total. The van der Waals surface area contributed by atoms with Crippen LogP contribution in [0, 0.1) is 0 Å². The Morgan fingerprint density at radius 2 is 2.35 bits per heavy atom. The molecule has 1 atom stereocenters. The van der Waals surface area contributed by atoms with Gasteiger partial charge in [0.15, 0.2) is 9.84 Å². The summed E-state index contributed by atoms with van der Waals surface area (Å²) >= 11 is 4.83. The van der Waals surface area contributed by atoms with Gasteiger partial charge in [-0.15, -0.1) is 0 Å². The molecule has 0 bridgehead atoms. The maximum absolute atomic E-state index is 11.3. The lowest BCUT2D eigenvalue weighted by atomic mass is 10.2. The third-order valence-electron chi connectivity index (χ3n) is 2.62. The molecule has 1 aliphatic rings. The van der Waals surface area contributed by atoms with Gasteiger partial charge in [0.25, 0.3) is 0 Å². The first kappa shape index (κ1) is 12.3. The third-order valence-corrected chi connectivity index (χ3v) is 4.59. The second-order valence-corrected chi connectivity index (χ2v) is 6.71. The lowest BCUT2D eigenvalue weighted by Gasteiger charge is -2.12. The Bertz CT molecular complexity index is 542. The van der Waals surface area contributed by atoms with Crippen LogP contribution in [-0.4, -0.2) is 35.9 Å². The Labute approximate surface area is 105 Å². The second kappa shape index (κ2) is 4.58. The summed E-state index contributed by atoms with van der Waals surface area (Å²) in [5.74, 6) is 0.426. The van der Waals surface area contributed by atoms with Crippen LogP contribution in [0.25, 0.3) is 0 Å². The molecule has 17 heavy (non-hydrogen) atoms. The van der Waals surface area contributed by atoms with Crippen LogP contribution < -0.4 is 11.1 Å². The van der Waals surface area contributed by atoms with Gasteiger partial charge < -0.3 is 11.1 Å². The second-order valence-electron chi connectivity index (χ2n) is 4.04. The molecule has 1 aromatic rings. The molecule has 0 aromatic carbocycles. The first-order valence-corrected chi connectivity index (χ1v) is 7.42. The molecule has 5 nitrogen and oxygen atoms in total. The molecule has 7 heteroatoms. The normalized spacial score (nSPS) is 22.2. The van der Waals surface area contributed by atoms with Gasteiger partial charge in [-0.05, 0) is 18.6 Å². The van der Waals surface area contributed by atoms with E-state index < -0.39 is 9.84 Å². The Kier molecular flexibility index (Phi) is 3.30. The number of nitrogens with one attached hydrogen (secondary N) is 1. The highest BCUT2D eigenvalue weighted by atomic mass is 32.2. The fourth-order valence-corrected chi connectivity index (χ4v) is 3.58. The zero-order chi connectivity index (χ0) is 12.5. The van der Waals surface area contributed by atoms with Gasteiger partial charge in [0, 0.05) is 17.9 Å². The minimum Gasteiger partial charge on any atom is -0.388 e. The van der Waals surface area contributed by atoms with E-state index in [0.717, 1.165) is 5.69 Å². The van der Waals surface area contributed by atoms with E-state index in [4.69, 9.17) is 18.0 Å². The lowest BCUT2D eigenvalue weighted by Crippen LogP contribution is -2.21. The molecule has 2 heterocycles. The van der Waals surface area contributed by atoms with Gasteiger partial charge in [0.1, 0.15) is 4.99 Å². The Morgan fingerprint density at radius 3 is 2.94 bits per heavy atom. The van der Waals surface area contributed by atoms with Crippen molar-refractivity contribution in [3.63, 3.8) is 0 Å². The number of thiocarbonyl (C=S) groups is 1. The summed E-state index contributed by atoms with van der Waals surface area (Å²) in [6.07, 6.45) is 2.23. The fraction of sp³-hybridized carbons (Fsp3) is 0.400. The quantitative estimate of drug-likeness (QED) is 0.770. The number of pyridine rings is 1. The number of rotatable bonds is 3. The van der Waals surface area contributed by atoms with Gasteiger partial charge in [-0.25, -0.2) is 8.42 Å². The monoisotopic (exact) mass is 271 g/mol. The molecular formula is C10H13N3O2S2. The van der Waals surface area contributed by atoms with Crippen molar-refractivity contribution in [1.82, 2.24) is 4.98 Å². The van der Waals surface area contributed by atoms with Gasteiger partial charge in [0.05, 0.1) is 17.2 Å².